The van der Waals surface area contributed by atoms with E-state index in [9.17, 15) is 52.7 Å². The van der Waals surface area contributed by atoms with E-state index >= 15 is 0 Å². The Balaban J connectivity index is 2.52. The summed E-state index contributed by atoms with van der Waals surface area (Å²) in [7, 11) is -6.62. The number of rotatable bonds is 2. The average molecular weight is 543 g/mol. The molecular formula is C16H14F12NO4P. The van der Waals surface area contributed by atoms with E-state index in [2.05, 4.69) is 9.05 Å². The first kappa shape index (κ1) is 27.0. The summed E-state index contributed by atoms with van der Waals surface area (Å²) >= 11 is 0. The monoisotopic (exact) mass is 543 g/mol. The molecule has 34 heavy (non-hydrogen) atoms. The third kappa shape index (κ3) is 3.38. The van der Waals surface area contributed by atoms with Crippen LogP contribution in [0, 0.1) is 0 Å². The molecule has 0 saturated carbocycles. The Labute approximate surface area is 182 Å². The van der Waals surface area contributed by atoms with Gasteiger partial charge in [-0.3, -0.25) is 0 Å². The molecule has 0 unspecified atom stereocenters. The maximum atomic E-state index is 14.0. The minimum absolute atomic E-state index is 0.119. The normalized spacial score (nSPS) is 26.1. The Morgan fingerprint density at radius 3 is 1.53 bits per heavy atom. The van der Waals surface area contributed by atoms with Gasteiger partial charge >= 0.3 is 182 Å². The van der Waals surface area contributed by atoms with Crippen LogP contribution in [0.15, 0.2) is 30.3 Å². The zero-order chi connectivity index (χ0) is 26.1. The molecule has 1 aromatic rings. The maximum absolute atomic E-state index is 14.0. The Morgan fingerprint density at radius 1 is 0.765 bits per heavy atom. The third-order valence-corrected chi connectivity index (χ3v) is 8.77. The third-order valence-electron chi connectivity index (χ3n) is 5.16. The van der Waals surface area contributed by atoms with Crippen molar-refractivity contribution in [3.8, 4) is 5.75 Å². The summed E-state index contributed by atoms with van der Waals surface area (Å²) in [6.07, 6.45) is -29.7. The molecule has 196 valence electrons. The molecule has 0 aliphatic carbocycles. The van der Waals surface area contributed by atoms with E-state index in [0.29, 0.717) is 7.05 Å². The summed E-state index contributed by atoms with van der Waals surface area (Å²) < 4.78 is 186. The quantitative estimate of drug-likeness (QED) is 0.323. The molecule has 0 radical (unpaired) electrons. The van der Waals surface area contributed by atoms with Crippen molar-refractivity contribution in [2.24, 2.45) is 0 Å². The molecule has 5 nitrogen and oxygen atoms in total. The number of halogens is 12. The van der Waals surface area contributed by atoms with E-state index in [4.69, 9.17) is 9.05 Å². The van der Waals surface area contributed by atoms with Gasteiger partial charge in [0, 0.05) is 0 Å². The van der Waals surface area contributed by atoms with Gasteiger partial charge in [0.25, 0.3) is 0 Å². The van der Waals surface area contributed by atoms with Crippen molar-refractivity contribution in [3.05, 3.63) is 30.3 Å². The van der Waals surface area contributed by atoms with E-state index in [1.54, 1.807) is 0 Å². The van der Waals surface area contributed by atoms with E-state index in [-0.39, 0.29) is 11.1 Å². The zero-order valence-corrected chi connectivity index (χ0v) is 17.5. The molecule has 2 aliphatic heterocycles. The number of para-hydroxylation sites is 1. The second-order valence-corrected chi connectivity index (χ2v) is 10.3. The zero-order valence-electron chi connectivity index (χ0n) is 16.6. The van der Waals surface area contributed by atoms with E-state index in [0.717, 1.165) is 24.3 Å². The summed E-state index contributed by atoms with van der Waals surface area (Å²) in [6, 6.07) is 5.12. The van der Waals surface area contributed by atoms with E-state index < -0.39 is 62.5 Å². The second-order valence-electron chi connectivity index (χ2n) is 7.28. The van der Waals surface area contributed by atoms with Crippen molar-refractivity contribution < 1.29 is 70.8 Å². The summed E-state index contributed by atoms with van der Waals surface area (Å²) in [5, 5.41) is 0. The van der Waals surface area contributed by atoms with Crippen LogP contribution in [0.5, 0.6) is 5.75 Å². The van der Waals surface area contributed by atoms with Gasteiger partial charge in [0.05, 0.1) is 0 Å². The van der Waals surface area contributed by atoms with Crippen LogP contribution in [-0.4, -0.2) is 60.8 Å². The number of alkyl halides is 12. The van der Waals surface area contributed by atoms with Gasteiger partial charge in [-0.2, -0.15) is 0 Å². The first-order valence-corrected chi connectivity index (χ1v) is 10.9. The van der Waals surface area contributed by atoms with Gasteiger partial charge in [0.15, 0.2) is 0 Å². The number of nitrogens with zero attached hydrogens (tertiary/aromatic N) is 1. The molecule has 0 N–H and O–H groups in total. The van der Waals surface area contributed by atoms with Crippen molar-refractivity contribution in [2.75, 3.05) is 20.2 Å². The van der Waals surface area contributed by atoms with E-state index in [1.807, 2.05) is 0 Å². The van der Waals surface area contributed by atoms with Gasteiger partial charge in [0.2, 0.25) is 0 Å². The predicted molar refractivity (Wildman–Crippen MR) is 89.0 cm³/mol. The molecule has 1 spiro atoms. The van der Waals surface area contributed by atoms with Crippen LogP contribution in [0.1, 0.15) is 6.42 Å². The van der Waals surface area contributed by atoms with Crippen LogP contribution in [0.2, 0.25) is 0 Å². The fraction of sp³-hybridized carbons (Fsp3) is 0.625. The first-order valence-electron chi connectivity index (χ1n) is 9.02. The molecule has 18 heteroatoms. The van der Waals surface area contributed by atoms with Gasteiger partial charge in [-0.15, -0.1) is 0 Å². The molecule has 2 saturated heterocycles. The van der Waals surface area contributed by atoms with Crippen molar-refractivity contribution in [3.63, 3.8) is 0 Å². The van der Waals surface area contributed by atoms with E-state index in [1.165, 1.54) is 6.07 Å². The summed E-state index contributed by atoms with van der Waals surface area (Å²) in [4.78, 5) is 0. The number of hydrogen-bond donors (Lipinski definition) is 0. The molecule has 2 fully saturated rings. The van der Waals surface area contributed by atoms with Crippen LogP contribution in [0.25, 0.3) is 0 Å². The van der Waals surface area contributed by atoms with Gasteiger partial charge in [-0.1, -0.05) is 0 Å². The Hall–Kier alpha value is -1.55. The molecule has 1 aromatic carbocycles. The number of hydrogen-bond acceptors (Lipinski definition) is 5. The summed E-state index contributed by atoms with van der Waals surface area (Å²) in [6.45, 7) is -1.63. The van der Waals surface area contributed by atoms with Gasteiger partial charge in [-0.25, -0.2) is 0 Å². The Morgan fingerprint density at radius 2 is 1.18 bits per heavy atom. The molecule has 0 aromatic heterocycles. The molecular weight excluding hydrogens is 529 g/mol. The fourth-order valence-electron chi connectivity index (χ4n) is 3.69. The van der Waals surface area contributed by atoms with Crippen molar-refractivity contribution in [1.29, 1.82) is 0 Å². The summed E-state index contributed by atoms with van der Waals surface area (Å²) in [5.74, 6) is -0.771. The van der Waals surface area contributed by atoms with Crippen LogP contribution < -0.4 is 4.52 Å². The van der Waals surface area contributed by atoms with Gasteiger partial charge in [-0.05, 0) is 0 Å². The molecule has 0 atom stereocenters. The molecule has 0 amide bonds. The first-order chi connectivity index (χ1) is 15.2. The summed E-state index contributed by atoms with van der Waals surface area (Å²) in [5.41, 5.74) is -14.0. The van der Waals surface area contributed by atoms with Gasteiger partial charge in [0.1, 0.15) is 0 Å². The van der Waals surface area contributed by atoms with Crippen LogP contribution in [0.4, 0.5) is 52.7 Å². The standard InChI is InChI=1S/C16H14F12NO4P/c1-29-8-5-9-30-34(29,31-10-6-3-2-4-7-10)32-11(13(17,18)19,14(20,21)22)12(33-34,15(23,24)25)16(26,27)28/h2-4,6-7H,5,8-9H2,1H3. The Bertz CT molecular complexity index is 846. The van der Waals surface area contributed by atoms with Gasteiger partial charge < -0.3 is 0 Å². The van der Waals surface area contributed by atoms with Crippen LogP contribution in [0.3, 0.4) is 0 Å². The Kier molecular flexibility index (Phi) is 5.95. The average Bonchev–Trinajstić information content (AvgIpc) is 2.96. The van der Waals surface area contributed by atoms with Crippen molar-refractivity contribution in [2.45, 2.75) is 42.3 Å². The predicted octanol–water partition coefficient (Wildman–Crippen LogP) is 6.32. The molecule has 2 aliphatic rings. The van der Waals surface area contributed by atoms with Crippen LogP contribution >= 0.6 is 7.66 Å². The van der Waals surface area contributed by atoms with Crippen LogP contribution in [-0.2, 0) is 13.6 Å². The SMILES string of the molecule is CN1CCCOP12(Oc1ccccc1)OC(C(F)(F)F)(C(F)(F)F)C(C(F)(F)F)(C(F)(F)F)O2. The van der Waals surface area contributed by atoms with Crippen molar-refractivity contribution >= 4 is 7.66 Å². The fourth-order valence-corrected chi connectivity index (χ4v) is 7.54. The minimum atomic E-state index is -7.38. The topological polar surface area (TPSA) is 40.2 Å². The van der Waals surface area contributed by atoms with Crippen molar-refractivity contribution in [1.82, 2.24) is 4.67 Å². The molecule has 0 bridgehead atoms. The number of benzene rings is 1. The second kappa shape index (κ2) is 7.48. The molecule has 2 heterocycles. The molecule has 3 rings (SSSR count).